The number of rotatable bonds is 2. The molecule has 4 nitrogen and oxygen atoms in total. The number of ether oxygens (including phenoxy) is 1. The first-order valence-corrected chi connectivity index (χ1v) is 9.93. The van der Waals surface area contributed by atoms with Crippen molar-refractivity contribution in [3.8, 4) is 17.0 Å². The number of aromatic nitrogens is 2. The van der Waals surface area contributed by atoms with Crippen molar-refractivity contribution in [3.63, 3.8) is 0 Å². The Morgan fingerprint density at radius 3 is 2.43 bits per heavy atom. The van der Waals surface area contributed by atoms with Crippen LogP contribution in [0.4, 0.5) is 0 Å². The van der Waals surface area contributed by atoms with Gasteiger partial charge in [-0.15, -0.1) is 0 Å². The second-order valence-corrected chi connectivity index (χ2v) is 7.61. The third kappa shape index (κ3) is 2.50. The van der Waals surface area contributed by atoms with Gasteiger partial charge < -0.3 is 4.74 Å². The summed E-state index contributed by atoms with van der Waals surface area (Å²) in [7, 11) is 1.64. The second kappa shape index (κ2) is 6.60. The Kier molecular flexibility index (Phi) is 4.05. The molecule has 0 saturated carbocycles. The molecule has 0 unspecified atom stereocenters. The topological polar surface area (TPSA) is 43.6 Å². The molecule has 2 aromatic heterocycles. The summed E-state index contributed by atoms with van der Waals surface area (Å²) in [4.78, 5) is 17.2. The Morgan fingerprint density at radius 2 is 1.64 bits per heavy atom. The first kappa shape index (κ1) is 17.2. The van der Waals surface area contributed by atoms with Gasteiger partial charge in [0.05, 0.1) is 23.7 Å². The summed E-state index contributed by atoms with van der Waals surface area (Å²) in [5, 5.41) is 2.55. The van der Waals surface area contributed by atoms with Crippen molar-refractivity contribution in [3.05, 3.63) is 86.7 Å². The lowest BCUT2D eigenvalue weighted by Gasteiger charge is -2.17. The quantitative estimate of drug-likeness (QED) is 0.256. The fraction of sp³-hybridized carbons (Fsp3) is 0.0435. The standard InChI is InChI=1S/C23H15IN2O2/c1-28-15-11-12-16-18(13-15)22-25-23(27)17-9-5-6-10-19(17)26(22)21(20(16)24)14-7-3-2-4-8-14/h2-13H,1H3. The highest BCUT2D eigenvalue weighted by molar-refractivity contribution is 14.1. The fourth-order valence-electron chi connectivity index (χ4n) is 3.68. The first-order valence-electron chi connectivity index (χ1n) is 8.85. The Bertz CT molecular complexity index is 1430. The number of pyridine rings is 1. The zero-order valence-corrected chi connectivity index (χ0v) is 17.2. The maximum atomic E-state index is 12.8. The van der Waals surface area contributed by atoms with E-state index < -0.39 is 0 Å². The predicted octanol–water partition coefficient (Wildman–Crippen LogP) is 5.28. The Labute approximate surface area is 174 Å². The van der Waals surface area contributed by atoms with E-state index in [1.54, 1.807) is 7.11 Å². The molecule has 0 bridgehead atoms. The molecule has 5 heteroatoms. The molecular weight excluding hydrogens is 463 g/mol. The molecule has 0 radical (unpaired) electrons. The molecule has 5 aromatic rings. The average molecular weight is 478 g/mol. The minimum absolute atomic E-state index is 0.222. The lowest BCUT2D eigenvalue weighted by molar-refractivity contribution is 0.415. The van der Waals surface area contributed by atoms with Crippen molar-refractivity contribution in [2.45, 2.75) is 0 Å². The van der Waals surface area contributed by atoms with Gasteiger partial charge in [-0.1, -0.05) is 42.5 Å². The van der Waals surface area contributed by atoms with E-state index in [0.29, 0.717) is 11.0 Å². The second-order valence-electron chi connectivity index (χ2n) is 6.53. The summed E-state index contributed by atoms with van der Waals surface area (Å²) in [5.41, 5.74) is 3.36. The van der Waals surface area contributed by atoms with Crippen molar-refractivity contribution in [2.24, 2.45) is 0 Å². The van der Waals surface area contributed by atoms with Gasteiger partial charge in [-0.25, -0.2) is 0 Å². The molecule has 2 heterocycles. The van der Waals surface area contributed by atoms with E-state index >= 15 is 0 Å². The maximum absolute atomic E-state index is 12.8. The van der Waals surface area contributed by atoms with Gasteiger partial charge in [0.15, 0.2) is 0 Å². The van der Waals surface area contributed by atoms with Crippen LogP contribution >= 0.6 is 22.6 Å². The molecule has 136 valence electrons. The average Bonchev–Trinajstić information content (AvgIpc) is 2.75. The number of para-hydroxylation sites is 1. The third-order valence-corrected chi connectivity index (χ3v) is 6.07. The number of nitrogens with zero attached hydrogens (tertiary/aromatic N) is 2. The maximum Gasteiger partial charge on any atom is 0.281 e. The minimum atomic E-state index is -0.222. The van der Waals surface area contributed by atoms with Gasteiger partial charge in [-0.2, -0.15) is 4.98 Å². The highest BCUT2D eigenvalue weighted by atomic mass is 127. The zero-order valence-electron chi connectivity index (χ0n) is 15.0. The largest absolute Gasteiger partial charge is 0.497 e. The highest BCUT2D eigenvalue weighted by Crippen LogP contribution is 2.36. The monoisotopic (exact) mass is 478 g/mol. The van der Waals surface area contributed by atoms with Crippen LogP contribution in [0.3, 0.4) is 0 Å². The number of fused-ring (bicyclic) bond motifs is 5. The smallest absolute Gasteiger partial charge is 0.281 e. The van der Waals surface area contributed by atoms with Crippen molar-refractivity contribution < 1.29 is 4.74 Å². The van der Waals surface area contributed by atoms with Gasteiger partial charge in [0, 0.05) is 14.3 Å². The number of halogens is 1. The van der Waals surface area contributed by atoms with Crippen molar-refractivity contribution >= 4 is 49.9 Å². The molecule has 0 aliphatic carbocycles. The molecule has 28 heavy (non-hydrogen) atoms. The van der Waals surface area contributed by atoms with Gasteiger partial charge in [0.1, 0.15) is 11.4 Å². The van der Waals surface area contributed by atoms with Crippen LogP contribution in [0.1, 0.15) is 0 Å². The third-order valence-electron chi connectivity index (χ3n) is 4.98. The molecule has 0 atom stereocenters. The lowest BCUT2D eigenvalue weighted by atomic mass is 10.0. The van der Waals surface area contributed by atoms with Crippen molar-refractivity contribution in [1.82, 2.24) is 9.38 Å². The van der Waals surface area contributed by atoms with E-state index in [1.165, 1.54) is 0 Å². The van der Waals surface area contributed by atoms with Crippen molar-refractivity contribution in [2.75, 3.05) is 7.11 Å². The van der Waals surface area contributed by atoms with E-state index in [4.69, 9.17) is 4.74 Å². The van der Waals surface area contributed by atoms with Crippen LogP contribution in [-0.4, -0.2) is 16.5 Å². The number of hydrogen-bond acceptors (Lipinski definition) is 3. The zero-order chi connectivity index (χ0) is 19.3. The molecule has 3 aromatic carbocycles. The van der Waals surface area contributed by atoms with Crippen LogP contribution in [0.25, 0.3) is 38.6 Å². The SMILES string of the molecule is COc1ccc2c(I)c(-c3ccccc3)n3c4ccccc4c(=O)nc3c2c1. The van der Waals surface area contributed by atoms with Gasteiger partial charge in [0.25, 0.3) is 5.56 Å². The van der Waals surface area contributed by atoms with E-state index in [0.717, 1.165) is 36.9 Å². The number of benzene rings is 3. The molecular formula is C23H15IN2O2. The van der Waals surface area contributed by atoms with E-state index in [2.05, 4.69) is 44.1 Å². The number of hydrogen-bond donors (Lipinski definition) is 0. The van der Waals surface area contributed by atoms with E-state index in [-0.39, 0.29) is 5.56 Å². The summed E-state index contributed by atoms with van der Waals surface area (Å²) in [6.07, 6.45) is 0. The van der Waals surface area contributed by atoms with E-state index in [1.807, 2.05) is 60.7 Å². The fourth-order valence-corrected chi connectivity index (χ4v) is 4.70. The van der Waals surface area contributed by atoms with Gasteiger partial charge in [-0.05, 0) is 58.5 Å². The van der Waals surface area contributed by atoms with Gasteiger partial charge >= 0.3 is 0 Å². The van der Waals surface area contributed by atoms with Crippen LogP contribution in [0.15, 0.2) is 77.6 Å². The minimum Gasteiger partial charge on any atom is -0.497 e. The Hall–Kier alpha value is -2.93. The Morgan fingerprint density at radius 1 is 0.893 bits per heavy atom. The molecule has 0 aliphatic rings. The van der Waals surface area contributed by atoms with Crippen LogP contribution in [0.2, 0.25) is 0 Å². The van der Waals surface area contributed by atoms with Crippen molar-refractivity contribution in [1.29, 1.82) is 0 Å². The summed E-state index contributed by atoms with van der Waals surface area (Å²) in [6, 6.07) is 23.7. The molecule has 0 fully saturated rings. The van der Waals surface area contributed by atoms with Crippen LogP contribution in [-0.2, 0) is 0 Å². The van der Waals surface area contributed by atoms with Gasteiger partial charge in [-0.3, -0.25) is 9.20 Å². The van der Waals surface area contributed by atoms with Crippen LogP contribution < -0.4 is 10.3 Å². The lowest BCUT2D eigenvalue weighted by Crippen LogP contribution is -2.13. The number of methoxy groups -OCH3 is 1. The summed E-state index contributed by atoms with van der Waals surface area (Å²) < 4.78 is 8.62. The molecule has 0 amide bonds. The normalized spacial score (nSPS) is 11.4. The predicted molar refractivity (Wildman–Crippen MR) is 121 cm³/mol. The highest BCUT2D eigenvalue weighted by Gasteiger charge is 2.18. The molecule has 0 spiro atoms. The summed E-state index contributed by atoms with van der Waals surface area (Å²) in [6.45, 7) is 0. The molecule has 0 saturated heterocycles. The molecule has 0 N–H and O–H groups in total. The Balaban J connectivity index is 2.12. The van der Waals surface area contributed by atoms with Crippen LogP contribution in [0.5, 0.6) is 5.75 Å². The van der Waals surface area contributed by atoms with Crippen LogP contribution in [0, 0.1) is 3.57 Å². The molecule has 0 aliphatic heterocycles. The van der Waals surface area contributed by atoms with E-state index in [9.17, 15) is 4.79 Å². The summed E-state index contributed by atoms with van der Waals surface area (Å²) >= 11 is 2.39. The summed E-state index contributed by atoms with van der Waals surface area (Å²) in [5.74, 6) is 0.736. The molecule has 5 rings (SSSR count). The first-order chi connectivity index (χ1) is 13.7. The van der Waals surface area contributed by atoms with Gasteiger partial charge in [0.2, 0.25) is 0 Å².